The molecule has 0 aliphatic heterocycles. The molecule has 1 aliphatic rings. The van der Waals surface area contributed by atoms with Gasteiger partial charge in [-0.15, -0.1) is 0 Å². The summed E-state index contributed by atoms with van der Waals surface area (Å²) < 4.78 is 5.52. The fourth-order valence-corrected chi connectivity index (χ4v) is 2.71. The van der Waals surface area contributed by atoms with E-state index in [4.69, 9.17) is 10.5 Å². The molecule has 1 aromatic rings. The SMILES string of the molecule is CCC(N)c1ccc(OCC(=O)NC2CCCCC2)cc1. The first kappa shape index (κ1) is 15.8. The predicted molar refractivity (Wildman–Crippen MR) is 84.2 cm³/mol. The van der Waals surface area contributed by atoms with E-state index in [1.165, 1.54) is 19.3 Å². The normalized spacial score (nSPS) is 17.2. The van der Waals surface area contributed by atoms with E-state index >= 15 is 0 Å². The summed E-state index contributed by atoms with van der Waals surface area (Å²) in [5.74, 6) is 0.678. The molecule has 3 N–H and O–H groups in total. The Kier molecular flexibility index (Phi) is 6.05. The van der Waals surface area contributed by atoms with Crippen molar-refractivity contribution in [3.8, 4) is 5.75 Å². The first-order chi connectivity index (χ1) is 10.2. The molecule has 2 rings (SSSR count). The second kappa shape index (κ2) is 8.03. The molecular weight excluding hydrogens is 264 g/mol. The monoisotopic (exact) mass is 290 g/mol. The van der Waals surface area contributed by atoms with Gasteiger partial charge in [-0.05, 0) is 37.0 Å². The van der Waals surface area contributed by atoms with E-state index < -0.39 is 0 Å². The maximum Gasteiger partial charge on any atom is 0.258 e. The van der Waals surface area contributed by atoms with Gasteiger partial charge in [0.2, 0.25) is 0 Å². The van der Waals surface area contributed by atoms with Gasteiger partial charge in [-0.2, -0.15) is 0 Å². The molecule has 4 nitrogen and oxygen atoms in total. The van der Waals surface area contributed by atoms with Crippen LogP contribution in [0.25, 0.3) is 0 Å². The average molecular weight is 290 g/mol. The Balaban J connectivity index is 1.75. The van der Waals surface area contributed by atoms with Crippen molar-refractivity contribution >= 4 is 5.91 Å². The van der Waals surface area contributed by atoms with Crippen LogP contribution < -0.4 is 15.8 Å². The molecule has 1 amide bonds. The molecule has 1 atom stereocenters. The number of rotatable bonds is 6. The molecule has 1 aliphatic carbocycles. The minimum atomic E-state index is -0.0313. The van der Waals surface area contributed by atoms with E-state index in [2.05, 4.69) is 12.2 Å². The molecule has 21 heavy (non-hydrogen) atoms. The van der Waals surface area contributed by atoms with Crippen LogP contribution in [0.2, 0.25) is 0 Å². The molecule has 0 radical (unpaired) electrons. The van der Waals surface area contributed by atoms with E-state index in [0.29, 0.717) is 11.8 Å². The van der Waals surface area contributed by atoms with Crippen molar-refractivity contribution < 1.29 is 9.53 Å². The standard InChI is InChI=1S/C17H26N2O2/c1-2-16(18)13-8-10-15(11-9-13)21-12-17(20)19-14-6-4-3-5-7-14/h8-11,14,16H,2-7,12,18H2,1H3,(H,19,20). The number of hydrogen-bond acceptors (Lipinski definition) is 3. The Morgan fingerprint density at radius 3 is 2.57 bits per heavy atom. The Morgan fingerprint density at radius 1 is 1.29 bits per heavy atom. The lowest BCUT2D eigenvalue weighted by Gasteiger charge is -2.22. The maximum atomic E-state index is 11.8. The first-order valence-corrected chi connectivity index (χ1v) is 7.96. The summed E-state index contributed by atoms with van der Waals surface area (Å²) >= 11 is 0. The maximum absolute atomic E-state index is 11.8. The summed E-state index contributed by atoms with van der Waals surface area (Å²) in [4.78, 5) is 11.8. The van der Waals surface area contributed by atoms with E-state index in [9.17, 15) is 4.79 Å². The summed E-state index contributed by atoms with van der Waals surface area (Å²) in [5, 5.41) is 3.04. The van der Waals surface area contributed by atoms with Crippen molar-refractivity contribution in [3.05, 3.63) is 29.8 Å². The van der Waals surface area contributed by atoms with Crippen LogP contribution in [0.3, 0.4) is 0 Å². The number of benzene rings is 1. The highest BCUT2D eigenvalue weighted by molar-refractivity contribution is 5.77. The van der Waals surface area contributed by atoms with E-state index in [1.54, 1.807) is 0 Å². The quantitative estimate of drug-likeness (QED) is 0.846. The van der Waals surface area contributed by atoms with Crippen molar-refractivity contribution in [2.45, 2.75) is 57.5 Å². The Hall–Kier alpha value is -1.55. The first-order valence-electron chi connectivity index (χ1n) is 7.96. The van der Waals surface area contributed by atoms with Gasteiger partial charge in [-0.25, -0.2) is 0 Å². The van der Waals surface area contributed by atoms with Gasteiger partial charge in [-0.1, -0.05) is 38.3 Å². The largest absolute Gasteiger partial charge is 0.484 e. The molecule has 116 valence electrons. The molecule has 0 spiro atoms. The van der Waals surface area contributed by atoms with Gasteiger partial charge >= 0.3 is 0 Å². The average Bonchev–Trinajstić information content (AvgIpc) is 2.53. The zero-order valence-electron chi connectivity index (χ0n) is 12.8. The molecule has 1 fully saturated rings. The molecule has 0 bridgehead atoms. The third kappa shape index (κ3) is 5.05. The molecule has 1 aromatic carbocycles. The number of amides is 1. The second-order valence-corrected chi connectivity index (χ2v) is 5.77. The van der Waals surface area contributed by atoms with Gasteiger partial charge in [0.05, 0.1) is 0 Å². The van der Waals surface area contributed by atoms with Gasteiger partial charge in [-0.3, -0.25) is 4.79 Å². The topological polar surface area (TPSA) is 64.3 Å². The Bertz CT molecular complexity index is 439. The smallest absolute Gasteiger partial charge is 0.258 e. The van der Waals surface area contributed by atoms with Gasteiger partial charge in [0, 0.05) is 12.1 Å². The van der Waals surface area contributed by atoms with Crippen LogP contribution in [0.1, 0.15) is 57.1 Å². The number of nitrogens with one attached hydrogen (secondary N) is 1. The van der Waals surface area contributed by atoms with Gasteiger partial charge in [0.25, 0.3) is 5.91 Å². The van der Waals surface area contributed by atoms with Gasteiger partial charge in [0.1, 0.15) is 5.75 Å². The highest BCUT2D eigenvalue weighted by Gasteiger charge is 2.15. The van der Waals surface area contributed by atoms with E-state index in [-0.39, 0.29) is 18.6 Å². The van der Waals surface area contributed by atoms with Gasteiger partial charge < -0.3 is 15.8 Å². The van der Waals surface area contributed by atoms with Crippen LogP contribution in [0, 0.1) is 0 Å². The molecule has 0 aromatic heterocycles. The summed E-state index contributed by atoms with van der Waals surface area (Å²) in [6.45, 7) is 2.14. The van der Waals surface area contributed by atoms with Crippen LogP contribution >= 0.6 is 0 Å². The predicted octanol–water partition coefficient (Wildman–Crippen LogP) is 2.92. The van der Waals surface area contributed by atoms with E-state index in [1.807, 2.05) is 24.3 Å². The number of ether oxygens (including phenoxy) is 1. The summed E-state index contributed by atoms with van der Waals surface area (Å²) in [7, 11) is 0. The minimum Gasteiger partial charge on any atom is -0.484 e. The molecule has 0 heterocycles. The van der Waals surface area contributed by atoms with Crippen LogP contribution in [0.4, 0.5) is 0 Å². The van der Waals surface area contributed by atoms with Crippen LogP contribution in [0.15, 0.2) is 24.3 Å². The zero-order chi connectivity index (χ0) is 15.1. The van der Waals surface area contributed by atoms with Crippen LogP contribution in [0.5, 0.6) is 5.75 Å². The number of nitrogens with two attached hydrogens (primary N) is 1. The van der Waals surface area contributed by atoms with Crippen LogP contribution in [-0.2, 0) is 4.79 Å². The third-order valence-corrected chi connectivity index (χ3v) is 4.09. The van der Waals surface area contributed by atoms with Crippen molar-refractivity contribution in [2.24, 2.45) is 5.73 Å². The second-order valence-electron chi connectivity index (χ2n) is 5.77. The van der Waals surface area contributed by atoms with Crippen LogP contribution in [-0.4, -0.2) is 18.6 Å². The highest BCUT2D eigenvalue weighted by Crippen LogP contribution is 2.19. The Labute approximate surface area is 127 Å². The Morgan fingerprint density at radius 2 is 1.95 bits per heavy atom. The van der Waals surface area contributed by atoms with Crippen molar-refractivity contribution in [3.63, 3.8) is 0 Å². The highest BCUT2D eigenvalue weighted by atomic mass is 16.5. The number of carbonyl (C=O) groups is 1. The minimum absolute atomic E-state index is 0.0313. The number of hydrogen-bond donors (Lipinski definition) is 2. The molecule has 1 saturated carbocycles. The van der Waals surface area contributed by atoms with E-state index in [0.717, 1.165) is 24.8 Å². The zero-order valence-corrected chi connectivity index (χ0v) is 12.8. The van der Waals surface area contributed by atoms with Gasteiger partial charge in [0.15, 0.2) is 6.61 Å². The fourth-order valence-electron chi connectivity index (χ4n) is 2.71. The lowest BCUT2D eigenvalue weighted by atomic mass is 9.95. The fraction of sp³-hybridized carbons (Fsp3) is 0.588. The molecule has 4 heteroatoms. The molecule has 0 saturated heterocycles. The van der Waals surface area contributed by atoms with Crippen molar-refractivity contribution in [2.75, 3.05) is 6.61 Å². The summed E-state index contributed by atoms with van der Waals surface area (Å²) in [6, 6.07) is 8.07. The molecular formula is C17H26N2O2. The lowest BCUT2D eigenvalue weighted by Crippen LogP contribution is -2.38. The summed E-state index contributed by atoms with van der Waals surface area (Å²) in [5.41, 5.74) is 7.06. The van der Waals surface area contributed by atoms with Crippen molar-refractivity contribution in [1.29, 1.82) is 0 Å². The lowest BCUT2D eigenvalue weighted by molar-refractivity contribution is -0.124. The number of carbonyl (C=O) groups excluding carboxylic acids is 1. The molecule has 1 unspecified atom stereocenters. The van der Waals surface area contributed by atoms with Crippen molar-refractivity contribution in [1.82, 2.24) is 5.32 Å². The third-order valence-electron chi connectivity index (χ3n) is 4.09. The summed E-state index contributed by atoms with van der Waals surface area (Å²) in [6.07, 6.45) is 6.81.